The summed E-state index contributed by atoms with van der Waals surface area (Å²) in [7, 11) is 0. The van der Waals surface area contributed by atoms with Gasteiger partial charge in [0.15, 0.2) is 0 Å². The number of carbonyl (C=O) groups is 2. The zero-order valence-corrected chi connectivity index (χ0v) is 14.5. The van der Waals surface area contributed by atoms with E-state index in [0.717, 1.165) is 11.3 Å². The van der Waals surface area contributed by atoms with Gasteiger partial charge in [-0.05, 0) is 38.0 Å². The maximum atomic E-state index is 13.6. The average Bonchev–Trinajstić information content (AvgIpc) is 3.03. The first kappa shape index (κ1) is 15.5. The number of anilines is 1. The van der Waals surface area contributed by atoms with Gasteiger partial charge in [-0.25, -0.2) is 0 Å². The van der Waals surface area contributed by atoms with Gasteiger partial charge in [0.25, 0.3) is 0 Å². The van der Waals surface area contributed by atoms with Crippen LogP contribution in [0.15, 0.2) is 60.7 Å². The van der Waals surface area contributed by atoms with Gasteiger partial charge in [0.05, 0.1) is 4.87 Å². The van der Waals surface area contributed by atoms with Crippen LogP contribution < -0.4 is 4.90 Å². The minimum absolute atomic E-state index is 0.0267. The molecule has 3 nitrogen and oxygen atoms in total. The van der Waals surface area contributed by atoms with E-state index in [0.29, 0.717) is 6.42 Å². The van der Waals surface area contributed by atoms with Crippen molar-refractivity contribution in [1.82, 2.24) is 0 Å². The van der Waals surface area contributed by atoms with Crippen molar-refractivity contribution in [2.45, 2.75) is 29.9 Å². The maximum Gasteiger partial charge on any atom is 0.249 e. The molecule has 2 aliphatic heterocycles. The van der Waals surface area contributed by atoms with Gasteiger partial charge in [-0.3, -0.25) is 14.5 Å². The number of carbonyl (C=O) groups excluding carboxylic acids is 2. The summed E-state index contributed by atoms with van der Waals surface area (Å²) in [5.41, 5.74) is 1.83. The molecule has 24 heavy (non-hydrogen) atoms. The van der Waals surface area contributed by atoms with Crippen molar-refractivity contribution >= 4 is 29.1 Å². The summed E-state index contributed by atoms with van der Waals surface area (Å²) < 4.78 is -0.808. The van der Waals surface area contributed by atoms with Gasteiger partial charge in [0, 0.05) is 11.6 Å². The van der Waals surface area contributed by atoms with Gasteiger partial charge in [0.2, 0.25) is 5.91 Å². The van der Waals surface area contributed by atoms with Crippen LogP contribution in [0.2, 0.25) is 0 Å². The Morgan fingerprint density at radius 2 is 1.67 bits per heavy atom. The van der Waals surface area contributed by atoms with E-state index in [1.54, 1.807) is 18.7 Å². The fourth-order valence-electron chi connectivity index (χ4n) is 4.16. The lowest BCUT2D eigenvalue weighted by Gasteiger charge is -2.39. The number of piperidine rings is 1. The number of para-hydroxylation sites is 1. The molecule has 122 valence electrons. The molecule has 2 bridgehead atoms. The summed E-state index contributed by atoms with van der Waals surface area (Å²) in [6, 6.07) is 19.5. The summed E-state index contributed by atoms with van der Waals surface area (Å²) in [4.78, 5) is 27.4. The lowest BCUT2D eigenvalue weighted by Crippen LogP contribution is -2.53. The van der Waals surface area contributed by atoms with Crippen molar-refractivity contribution in [3.8, 4) is 0 Å². The quantitative estimate of drug-likeness (QED) is 0.850. The Morgan fingerprint density at radius 3 is 2.25 bits per heavy atom. The van der Waals surface area contributed by atoms with Crippen LogP contribution in [0, 0.1) is 5.92 Å². The highest BCUT2D eigenvalue weighted by Gasteiger charge is 2.70. The molecule has 2 aromatic rings. The van der Waals surface area contributed by atoms with E-state index in [4.69, 9.17) is 0 Å². The highest BCUT2D eigenvalue weighted by atomic mass is 32.2. The first-order valence-corrected chi connectivity index (χ1v) is 8.96. The normalized spacial score (nSPS) is 31.5. The van der Waals surface area contributed by atoms with E-state index in [2.05, 4.69) is 6.92 Å². The highest BCUT2D eigenvalue weighted by molar-refractivity contribution is 8.03. The third-order valence-corrected chi connectivity index (χ3v) is 6.96. The van der Waals surface area contributed by atoms with E-state index in [9.17, 15) is 9.59 Å². The fraction of sp³-hybridized carbons (Fsp3) is 0.300. The van der Waals surface area contributed by atoms with Gasteiger partial charge in [0.1, 0.15) is 10.5 Å². The first-order chi connectivity index (χ1) is 11.5. The monoisotopic (exact) mass is 337 g/mol. The third kappa shape index (κ3) is 1.92. The van der Waals surface area contributed by atoms with E-state index in [-0.39, 0.29) is 17.6 Å². The minimum atomic E-state index is -0.808. The molecule has 4 heteroatoms. The van der Waals surface area contributed by atoms with Crippen LogP contribution in [0.5, 0.6) is 0 Å². The van der Waals surface area contributed by atoms with Crippen LogP contribution in [0.3, 0.4) is 0 Å². The third-order valence-electron chi connectivity index (χ3n) is 5.16. The van der Waals surface area contributed by atoms with Crippen LogP contribution in [0.1, 0.15) is 25.8 Å². The smallest absolute Gasteiger partial charge is 0.249 e. The van der Waals surface area contributed by atoms with Crippen LogP contribution in [0.4, 0.5) is 5.69 Å². The molecule has 2 aliphatic rings. The Hall–Kier alpha value is -2.07. The molecule has 0 saturated carbocycles. The van der Waals surface area contributed by atoms with Gasteiger partial charge >= 0.3 is 0 Å². The van der Waals surface area contributed by atoms with E-state index >= 15 is 0 Å². The largest absolute Gasteiger partial charge is 0.300 e. The summed E-state index contributed by atoms with van der Waals surface area (Å²) in [6.45, 7) is 3.69. The number of ketones is 1. The molecule has 2 fully saturated rings. The van der Waals surface area contributed by atoms with E-state index in [1.165, 1.54) is 0 Å². The molecule has 0 aliphatic carbocycles. The Bertz CT molecular complexity index is 807. The van der Waals surface area contributed by atoms with Gasteiger partial charge in [-0.2, -0.15) is 0 Å². The molecule has 0 spiro atoms. The van der Waals surface area contributed by atoms with Crippen molar-refractivity contribution in [3.63, 3.8) is 0 Å². The Kier molecular flexibility index (Phi) is 3.36. The Labute approximate surface area is 146 Å². The molecule has 0 N–H and O–H groups in total. The zero-order chi connectivity index (χ0) is 16.9. The fourth-order valence-corrected chi connectivity index (χ4v) is 6.21. The zero-order valence-electron chi connectivity index (χ0n) is 13.7. The highest BCUT2D eigenvalue weighted by Crippen LogP contribution is 2.67. The second-order valence-corrected chi connectivity index (χ2v) is 8.45. The van der Waals surface area contributed by atoms with Crippen molar-refractivity contribution in [2.75, 3.05) is 4.90 Å². The molecule has 1 amide bonds. The van der Waals surface area contributed by atoms with Gasteiger partial charge < -0.3 is 0 Å². The van der Waals surface area contributed by atoms with Gasteiger partial charge in [-0.15, -0.1) is 11.8 Å². The van der Waals surface area contributed by atoms with Crippen molar-refractivity contribution in [3.05, 3.63) is 66.2 Å². The predicted molar refractivity (Wildman–Crippen MR) is 96.8 cm³/mol. The van der Waals surface area contributed by atoms with Crippen molar-refractivity contribution in [2.24, 2.45) is 5.92 Å². The van der Waals surface area contributed by atoms with E-state index < -0.39 is 9.62 Å². The molecule has 0 aromatic heterocycles. The molecular weight excluding hydrogens is 318 g/mol. The first-order valence-electron chi connectivity index (χ1n) is 8.15. The Morgan fingerprint density at radius 1 is 1.08 bits per heavy atom. The van der Waals surface area contributed by atoms with Crippen molar-refractivity contribution < 1.29 is 9.59 Å². The molecule has 2 aromatic carbocycles. The number of hydrogen-bond donors (Lipinski definition) is 0. The molecule has 0 radical (unpaired) electrons. The predicted octanol–water partition coefficient (Wildman–Crippen LogP) is 3.99. The lowest BCUT2D eigenvalue weighted by atomic mass is 9.75. The molecule has 4 rings (SSSR count). The maximum absolute atomic E-state index is 13.6. The van der Waals surface area contributed by atoms with Crippen LogP contribution in [-0.2, 0) is 14.3 Å². The molecular formula is C20H19NO2S. The van der Waals surface area contributed by atoms with Crippen LogP contribution >= 0.6 is 11.8 Å². The topological polar surface area (TPSA) is 37.4 Å². The number of fused-ring (bicyclic) bond motifs is 2. The molecule has 2 saturated heterocycles. The number of rotatable bonds is 3. The number of Topliss-reactive ketones (excluding diaryl/α,β-unsaturated/α-hetero) is 1. The molecule has 3 atom stereocenters. The number of hydrogen-bond acceptors (Lipinski definition) is 3. The minimum Gasteiger partial charge on any atom is -0.300 e. The Balaban J connectivity index is 1.90. The SMILES string of the molecule is CC(=O)[C@H]1C[C@@]2(C)S[C@]1(c1ccccc1)C(=O)N2c1ccccc1. The standard InChI is InChI=1S/C20H19NO2S/c1-14(22)17-13-19(2)21(16-11-7-4-8-12-16)18(23)20(17,24-19)15-9-5-3-6-10-15/h3-12,17H,13H2,1-2H3/t17-,19-,20+/m1/s1. The number of nitrogens with zero attached hydrogens (tertiary/aromatic N) is 1. The summed E-state index contributed by atoms with van der Waals surface area (Å²) in [5, 5.41) is 0. The number of amides is 1. The molecule has 0 unspecified atom stereocenters. The summed E-state index contributed by atoms with van der Waals surface area (Å²) in [6.07, 6.45) is 0.683. The van der Waals surface area contributed by atoms with Crippen LogP contribution in [0.25, 0.3) is 0 Å². The average molecular weight is 337 g/mol. The summed E-state index contributed by atoms with van der Waals surface area (Å²) >= 11 is 1.64. The van der Waals surface area contributed by atoms with Gasteiger partial charge in [-0.1, -0.05) is 48.5 Å². The lowest BCUT2D eigenvalue weighted by molar-refractivity contribution is -0.131. The second kappa shape index (κ2) is 5.21. The van der Waals surface area contributed by atoms with Crippen molar-refractivity contribution in [1.29, 1.82) is 0 Å². The number of benzene rings is 2. The molecule has 2 heterocycles. The number of thioether (sulfide) groups is 1. The second-order valence-electron chi connectivity index (χ2n) is 6.72. The van der Waals surface area contributed by atoms with E-state index in [1.807, 2.05) is 65.6 Å². The summed E-state index contributed by atoms with van der Waals surface area (Å²) in [5.74, 6) is -0.155. The van der Waals surface area contributed by atoms with Crippen LogP contribution in [-0.4, -0.2) is 16.6 Å².